The SMILES string of the molecule is N[C@@H]1CCCCc2c1cc(Cl)c1ccccc21. The number of hydrogen-bond acceptors (Lipinski definition) is 1. The minimum Gasteiger partial charge on any atom is -0.324 e. The van der Waals surface area contributed by atoms with Gasteiger partial charge in [0.1, 0.15) is 0 Å². The molecular weight excluding hydrogens is 230 g/mol. The molecule has 0 aliphatic heterocycles. The molecule has 2 aromatic carbocycles. The van der Waals surface area contributed by atoms with Crippen LogP contribution in [0.25, 0.3) is 10.8 Å². The number of fused-ring (bicyclic) bond motifs is 3. The molecule has 2 aromatic rings. The molecule has 0 bridgehead atoms. The maximum atomic E-state index is 6.36. The van der Waals surface area contributed by atoms with Gasteiger partial charge in [-0.2, -0.15) is 0 Å². The summed E-state index contributed by atoms with van der Waals surface area (Å²) in [5.41, 5.74) is 8.92. The Bertz CT molecular complexity index is 562. The highest BCUT2D eigenvalue weighted by molar-refractivity contribution is 6.35. The zero-order valence-corrected chi connectivity index (χ0v) is 10.5. The van der Waals surface area contributed by atoms with E-state index in [0.717, 1.165) is 23.3 Å². The van der Waals surface area contributed by atoms with E-state index in [9.17, 15) is 0 Å². The van der Waals surface area contributed by atoms with Crippen LogP contribution in [0.3, 0.4) is 0 Å². The van der Waals surface area contributed by atoms with Crippen LogP contribution >= 0.6 is 11.6 Å². The average molecular weight is 246 g/mol. The molecule has 0 heterocycles. The highest BCUT2D eigenvalue weighted by Crippen LogP contribution is 2.36. The van der Waals surface area contributed by atoms with E-state index < -0.39 is 0 Å². The zero-order valence-electron chi connectivity index (χ0n) is 9.75. The van der Waals surface area contributed by atoms with Gasteiger partial charge in [-0.3, -0.25) is 0 Å². The molecule has 0 unspecified atom stereocenters. The molecule has 0 saturated carbocycles. The van der Waals surface area contributed by atoms with Crippen molar-refractivity contribution in [1.82, 2.24) is 0 Å². The van der Waals surface area contributed by atoms with Crippen LogP contribution in [0.1, 0.15) is 36.4 Å². The molecule has 0 aromatic heterocycles. The highest BCUT2D eigenvalue weighted by Gasteiger charge is 2.18. The predicted molar refractivity (Wildman–Crippen MR) is 73.4 cm³/mol. The fraction of sp³-hybridized carbons (Fsp3) is 0.333. The summed E-state index contributed by atoms with van der Waals surface area (Å²) in [6, 6.07) is 10.6. The molecule has 2 N–H and O–H groups in total. The smallest absolute Gasteiger partial charge is 0.0487 e. The van der Waals surface area contributed by atoms with E-state index in [-0.39, 0.29) is 6.04 Å². The second kappa shape index (κ2) is 4.32. The van der Waals surface area contributed by atoms with Gasteiger partial charge >= 0.3 is 0 Å². The standard InChI is InChI=1S/C15H16ClN/c16-14-9-13-11(6-3-4-8-15(13)17)10-5-1-2-7-12(10)14/h1-2,5,7,9,15H,3-4,6,8,17H2/t15-/m1/s1. The molecule has 0 radical (unpaired) electrons. The third-order valence-electron chi connectivity index (χ3n) is 3.73. The Morgan fingerprint density at radius 3 is 2.71 bits per heavy atom. The second-order valence-electron chi connectivity index (χ2n) is 4.82. The summed E-state index contributed by atoms with van der Waals surface area (Å²) < 4.78 is 0. The topological polar surface area (TPSA) is 26.0 Å². The Hall–Kier alpha value is -1.05. The van der Waals surface area contributed by atoms with Gasteiger partial charge < -0.3 is 5.73 Å². The maximum absolute atomic E-state index is 6.36. The summed E-state index contributed by atoms with van der Waals surface area (Å²) in [6.07, 6.45) is 4.64. The number of halogens is 1. The van der Waals surface area contributed by atoms with Gasteiger partial charge in [0.15, 0.2) is 0 Å². The van der Waals surface area contributed by atoms with Crippen molar-refractivity contribution in [3.05, 3.63) is 46.5 Å². The van der Waals surface area contributed by atoms with Crippen molar-refractivity contribution >= 4 is 22.4 Å². The van der Waals surface area contributed by atoms with Gasteiger partial charge in [-0.05, 0) is 41.8 Å². The van der Waals surface area contributed by atoms with Gasteiger partial charge in [0.2, 0.25) is 0 Å². The Morgan fingerprint density at radius 2 is 1.88 bits per heavy atom. The largest absolute Gasteiger partial charge is 0.324 e. The van der Waals surface area contributed by atoms with Crippen LogP contribution in [0.2, 0.25) is 5.02 Å². The molecule has 2 heteroatoms. The summed E-state index contributed by atoms with van der Waals surface area (Å²) in [5, 5.41) is 3.27. The molecule has 17 heavy (non-hydrogen) atoms. The molecule has 0 fully saturated rings. The van der Waals surface area contributed by atoms with E-state index in [2.05, 4.69) is 24.3 Å². The molecule has 88 valence electrons. The lowest BCUT2D eigenvalue weighted by molar-refractivity contribution is 0.615. The summed E-state index contributed by atoms with van der Waals surface area (Å²) in [6.45, 7) is 0. The monoisotopic (exact) mass is 245 g/mol. The van der Waals surface area contributed by atoms with Gasteiger partial charge in [0.05, 0.1) is 0 Å². The van der Waals surface area contributed by atoms with Crippen LogP contribution in [0.15, 0.2) is 30.3 Å². The molecule has 1 nitrogen and oxygen atoms in total. The quantitative estimate of drug-likeness (QED) is 0.691. The van der Waals surface area contributed by atoms with Gasteiger partial charge in [-0.15, -0.1) is 0 Å². The fourth-order valence-corrected chi connectivity index (χ4v) is 3.13. The first-order valence-corrected chi connectivity index (χ1v) is 6.61. The molecule has 1 aliphatic rings. The van der Waals surface area contributed by atoms with E-state index in [0.29, 0.717) is 0 Å². The lowest BCUT2D eigenvalue weighted by atomic mass is 9.94. The van der Waals surface area contributed by atoms with Gasteiger partial charge in [-0.1, -0.05) is 42.3 Å². The number of rotatable bonds is 0. The predicted octanol–water partition coefficient (Wildman–Crippen LogP) is 4.22. The van der Waals surface area contributed by atoms with Crippen molar-refractivity contribution in [3.63, 3.8) is 0 Å². The first-order valence-electron chi connectivity index (χ1n) is 6.23. The van der Waals surface area contributed by atoms with E-state index in [1.807, 2.05) is 6.07 Å². The van der Waals surface area contributed by atoms with Crippen LogP contribution in [0, 0.1) is 0 Å². The van der Waals surface area contributed by atoms with Crippen molar-refractivity contribution < 1.29 is 0 Å². The van der Waals surface area contributed by atoms with Crippen LogP contribution < -0.4 is 5.73 Å². The van der Waals surface area contributed by atoms with Gasteiger partial charge in [0, 0.05) is 16.5 Å². The molecule has 1 atom stereocenters. The normalized spacial score (nSPS) is 20.0. The first-order chi connectivity index (χ1) is 8.27. The number of aryl methyl sites for hydroxylation is 1. The van der Waals surface area contributed by atoms with E-state index in [1.165, 1.54) is 29.4 Å². The maximum Gasteiger partial charge on any atom is 0.0487 e. The van der Waals surface area contributed by atoms with Crippen LogP contribution in [-0.2, 0) is 6.42 Å². The Balaban J connectivity index is 2.34. The zero-order chi connectivity index (χ0) is 11.8. The molecule has 3 rings (SSSR count). The summed E-state index contributed by atoms with van der Waals surface area (Å²) >= 11 is 6.36. The van der Waals surface area contributed by atoms with Gasteiger partial charge in [-0.25, -0.2) is 0 Å². The van der Waals surface area contributed by atoms with Gasteiger partial charge in [0.25, 0.3) is 0 Å². The minimum atomic E-state index is 0.148. The molecule has 1 aliphatic carbocycles. The second-order valence-corrected chi connectivity index (χ2v) is 5.23. The van der Waals surface area contributed by atoms with Crippen LogP contribution in [0.4, 0.5) is 0 Å². The first kappa shape index (κ1) is 11.1. The molecule has 0 spiro atoms. The van der Waals surface area contributed by atoms with Crippen LogP contribution in [-0.4, -0.2) is 0 Å². The summed E-state index contributed by atoms with van der Waals surface area (Å²) in [7, 11) is 0. The number of nitrogens with two attached hydrogens (primary N) is 1. The van der Waals surface area contributed by atoms with Crippen molar-refractivity contribution in [2.75, 3.05) is 0 Å². The number of hydrogen-bond donors (Lipinski definition) is 1. The summed E-state index contributed by atoms with van der Waals surface area (Å²) in [5.74, 6) is 0. The fourth-order valence-electron chi connectivity index (χ4n) is 2.84. The van der Waals surface area contributed by atoms with Crippen molar-refractivity contribution in [1.29, 1.82) is 0 Å². The third-order valence-corrected chi connectivity index (χ3v) is 4.04. The summed E-state index contributed by atoms with van der Waals surface area (Å²) in [4.78, 5) is 0. The van der Waals surface area contributed by atoms with Crippen LogP contribution in [0.5, 0.6) is 0 Å². The van der Waals surface area contributed by atoms with E-state index in [1.54, 1.807) is 0 Å². The Morgan fingerprint density at radius 1 is 1.12 bits per heavy atom. The Labute approximate surface area is 107 Å². The minimum absolute atomic E-state index is 0.148. The lowest BCUT2D eigenvalue weighted by Crippen LogP contribution is -2.10. The average Bonchev–Trinajstić information content (AvgIpc) is 2.53. The molecule has 0 saturated heterocycles. The van der Waals surface area contributed by atoms with Crippen molar-refractivity contribution in [2.24, 2.45) is 5.73 Å². The van der Waals surface area contributed by atoms with E-state index >= 15 is 0 Å². The lowest BCUT2D eigenvalue weighted by Gasteiger charge is -2.16. The molecule has 0 amide bonds. The van der Waals surface area contributed by atoms with Crippen molar-refractivity contribution in [3.8, 4) is 0 Å². The Kier molecular flexibility index (Phi) is 2.81. The van der Waals surface area contributed by atoms with Crippen molar-refractivity contribution in [2.45, 2.75) is 31.7 Å². The third kappa shape index (κ3) is 1.84. The highest BCUT2D eigenvalue weighted by atomic mass is 35.5. The van der Waals surface area contributed by atoms with E-state index in [4.69, 9.17) is 17.3 Å². The molecular formula is C15H16ClN. The number of benzene rings is 2.